The molecule has 0 saturated heterocycles. The molecule has 0 heterocycles. The van der Waals surface area contributed by atoms with Crippen LogP contribution in [0.2, 0.25) is 0 Å². The number of unbranched alkanes of at least 4 members (excludes halogenated alkanes) is 2. The van der Waals surface area contributed by atoms with Crippen LogP contribution in [0.5, 0.6) is 0 Å². The molecule has 0 aromatic carbocycles. The summed E-state index contributed by atoms with van der Waals surface area (Å²) >= 11 is 0. The van der Waals surface area contributed by atoms with E-state index in [4.69, 9.17) is 25.5 Å². The van der Waals surface area contributed by atoms with Crippen LogP contribution in [-0.4, -0.2) is 28.7 Å². The molecule has 0 spiro atoms. The normalized spacial score (nSPS) is 8.17. The Morgan fingerprint density at radius 3 is 1.67 bits per heavy atom. The molecule has 5 nitrogen and oxygen atoms in total. The molecule has 0 fully saturated rings. The molecular formula is C7H15NO4. The molecule has 0 saturated carbocycles. The monoisotopic (exact) mass is 177 g/mol. The minimum atomic E-state index is -1.82. The van der Waals surface area contributed by atoms with Crippen molar-refractivity contribution >= 4 is 11.9 Å². The molecule has 4 N–H and O–H groups in total. The summed E-state index contributed by atoms with van der Waals surface area (Å²) in [4.78, 5) is 18.2. The molecule has 0 aliphatic rings. The van der Waals surface area contributed by atoms with Crippen LogP contribution < -0.4 is 5.73 Å². The maximum absolute atomic E-state index is 9.10. The molecule has 0 unspecified atom stereocenters. The Bertz CT molecular complexity index is 119. The third-order valence-electron chi connectivity index (χ3n) is 0.991. The maximum Gasteiger partial charge on any atom is 0.414 e. The molecule has 0 aliphatic carbocycles. The summed E-state index contributed by atoms with van der Waals surface area (Å²) < 4.78 is 0. The van der Waals surface area contributed by atoms with Crippen LogP contribution in [0.15, 0.2) is 0 Å². The zero-order valence-electron chi connectivity index (χ0n) is 7.12. The Labute approximate surface area is 71.2 Å². The summed E-state index contributed by atoms with van der Waals surface area (Å²) in [6, 6.07) is 0. The van der Waals surface area contributed by atoms with E-state index in [9.17, 15) is 0 Å². The first kappa shape index (κ1) is 13.5. The topological polar surface area (TPSA) is 101 Å². The lowest BCUT2D eigenvalue weighted by Crippen LogP contribution is -2.09. The van der Waals surface area contributed by atoms with Crippen molar-refractivity contribution in [1.29, 1.82) is 0 Å². The first-order chi connectivity index (χ1) is 5.56. The summed E-state index contributed by atoms with van der Waals surface area (Å²) in [7, 11) is 0. The van der Waals surface area contributed by atoms with E-state index in [2.05, 4.69) is 6.92 Å². The van der Waals surface area contributed by atoms with Gasteiger partial charge in [0.25, 0.3) is 0 Å². The molecule has 0 rings (SSSR count). The smallest absolute Gasteiger partial charge is 0.414 e. The van der Waals surface area contributed by atoms with Crippen LogP contribution in [0.4, 0.5) is 0 Å². The molecule has 0 amide bonds. The van der Waals surface area contributed by atoms with Crippen molar-refractivity contribution in [3.05, 3.63) is 0 Å². The van der Waals surface area contributed by atoms with Gasteiger partial charge in [-0.2, -0.15) is 0 Å². The molecule has 72 valence electrons. The van der Waals surface area contributed by atoms with E-state index in [1.165, 1.54) is 19.3 Å². The third-order valence-corrected chi connectivity index (χ3v) is 0.991. The van der Waals surface area contributed by atoms with Crippen molar-refractivity contribution in [2.24, 2.45) is 5.73 Å². The van der Waals surface area contributed by atoms with Crippen LogP contribution in [0, 0.1) is 0 Å². The lowest BCUT2D eigenvalue weighted by molar-refractivity contribution is -0.159. The van der Waals surface area contributed by atoms with Gasteiger partial charge in [-0.1, -0.05) is 19.8 Å². The number of carboxylic acid groups (broad SMARTS) is 2. The number of hydrogen-bond acceptors (Lipinski definition) is 3. The van der Waals surface area contributed by atoms with Gasteiger partial charge in [0.2, 0.25) is 0 Å². The summed E-state index contributed by atoms with van der Waals surface area (Å²) in [5.74, 6) is -3.65. The standard InChI is InChI=1S/C5H13N.C2H2O4/c1-2-3-4-5-6;3-1(4)2(5)6/h2-6H2,1H3;(H,3,4)(H,5,6). The highest BCUT2D eigenvalue weighted by atomic mass is 16.4. The van der Waals surface area contributed by atoms with Crippen LogP contribution in [0.1, 0.15) is 26.2 Å². The van der Waals surface area contributed by atoms with Crippen LogP contribution in [-0.2, 0) is 9.59 Å². The number of rotatable bonds is 3. The second-order valence-corrected chi connectivity index (χ2v) is 2.11. The molecule has 0 atom stereocenters. The van der Waals surface area contributed by atoms with Gasteiger partial charge in [-0.25, -0.2) is 9.59 Å². The first-order valence-electron chi connectivity index (χ1n) is 3.72. The van der Waals surface area contributed by atoms with Crippen molar-refractivity contribution in [1.82, 2.24) is 0 Å². The number of carbonyl (C=O) groups is 2. The Hall–Kier alpha value is -1.10. The molecule has 0 aromatic rings. The average Bonchev–Trinajstić information content (AvgIpc) is 2.02. The van der Waals surface area contributed by atoms with E-state index in [1.807, 2.05) is 0 Å². The van der Waals surface area contributed by atoms with Gasteiger partial charge >= 0.3 is 11.9 Å². The van der Waals surface area contributed by atoms with E-state index in [-0.39, 0.29) is 0 Å². The fourth-order valence-corrected chi connectivity index (χ4v) is 0.394. The molecule has 0 aromatic heterocycles. The molecule has 0 bridgehead atoms. The highest BCUT2D eigenvalue weighted by molar-refractivity contribution is 6.27. The van der Waals surface area contributed by atoms with Gasteiger partial charge < -0.3 is 15.9 Å². The Balaban J connectivity index is 0. The summed E-state index contributed by atoms with van der Waals surface area (Å²) in [5.41, 5.74) is 5.21. The number of aliphatic carboxylic acids is 2. The minimum Gasteiger partial charge on any atom is -0.473 e. The number of carboxylic acids is 2. The van der Waals surface area contributed by atoms with E-state index >= 15 is 0 Å². The van der Waals surface area contributed by atoms with E-state index < -0.39 is 11.9 Å². The fourth-order valence-electron chi connectivity index (χ4n) is 0.394. The fraction of sp³-hybridized carbons (Fsp3) is 0.714. The number of hydrogen-bond donors (Lipinski definition) is 3. The van der Waals surface area contributed by atoms with E-state index in [0.717, 1.165) is 6.54 Å². The minimum absolute atomic E-state index is 0.855. The predicted molar refractivity (Wildman–Crippen MR) is 43.9 cm³/mol. The second-order valence-electron chi connectivity index (χ2n) is 2.11. The SMILES string of the molecule is CCCCCN.O=C(O)C(=O)O. The molecule has 5 heteroatoms. The van der Waals surface area contributed by atoms with Crippen LogP contribution in [0.25, 0.3) is 0 Å². The Morgan fingerprint density at radius 1 is 1.17 bits per heavy atom. The Kier molecular flexibility index (Phi) is 11.1. The Morgan fingerprint density at radius 2 is 1.58 bits per heavy atom. The van der Waals surface area contributed by atoms with Crippen molar-refractivity contribution in [3.8, 4) is 0 Å². The molecule has 0 aliphatic heterocycles. The van der Waals surface area contributed by atoms with Gasteiger partial charge in [0, 0.05) is 0 Å². The predicted octanol–water partition coefficient (Wildman–Crippen LogP) is 0.291. The van der Waals surface area contributed by atoms with Crippen molar-refractivity contribution in [2.45, 2.75) is 26.2 Å². The van der Waals surface area contributed by atoms with Gasteiger partial charge in [-0.15, -0.1) is 0 Å². The highest BCUT2D eigenvalue weighted by Crippen LogP contribution is 1.88. The van der Waals surface area contributed by atoms with Gasteiger partial charge in [0.15, 0.2) is 0 Å². The zero-order chi connectivity index (χ0) is 9.98. The van der Waals surface area contributed by atoms with Gasteiger partial charge in [-0.3, -0.25) is 0 Å². The largest absolute Gasteiger partial charge is 0.473 e. The van der Waals surface area contributed by atoms with E-state index in [1.54, 1.807) is 0 Å². The van der Waals surface area contributed by atoms with Gasteiger partial charge in [0.05, 0.1) is 0 Å². The van der Waals surface area contributed by atoms with Gasteiger partial charge in [-0.05, 0) is 13.0 Å². The van der Waals surface area contributed by atoms with Crippen LogP contribution in [0.3, 0.4) is 0 Å². The van der Waals surface area contributed by atoms with Crippen molar-refractivity contribution in [3.63, 3.8) is 0 Å². The lowest BCUT2D eigenvalue weighted by Gasteiger charge is -1.86. The van der Waals surface area contributed by atoms with Crippen molar-refractivity contribution in [2.75, 3.05) is 6.54 Å². The molecule has 12 heavy (non-hydrogen) atoms. The molecule has 0 radical (unpaired) electrons. The lowest BCUT2D eigenvalue weighted by atomic mass is 10.3. The van der Waals surface area contributed by atoms with Gasteiger partial charge in [0.1, 0.15) is 0 Å². The summed E-state index contributed by atoms with van der Waals surface area (Å²) in [6.07, 6.45) is 3.75. The first-order valence-corrected chi connectivity index (χ1v) is 3.72. The quantitative estimate of drug-likeness (QED) is 0.425. The zero-order valence-corrected chi connectivity index (χ0v) is 7.12. The van der Waals surface area contributed by atoms with Crippen LogP contribution >= 0.6 is 0 Å². The molecular weight excluding hydrogens is 162 g/mol. The summed E-state index contributed by atoms with van der Waals surface area (Å²) in [5, 5.41) is 14.8. The maximum atomic E-state index is 9.10. The highest BCUT2D eigenvalue weighted by Gasteiger charge is 2.04. The van der Waals surface area contributed by atoms with Crippen molar-refractivity contribution < 1.29 is 19.8 Å². The van der Waals surface area contributed by atoms with E-state index in [0.29, 0.717) is 0 Å². The average molecular weight is 177 g/mol. The number of nitrogens with two attached hydrogens (primary N) is 1. The third kappa shape index (κ3) is 16.0. The second kappa shape index (κ2) is 9.90. The summed E-state index contributed by atoms with van der Waals surface area (Å²) in [6.45, 7) is 3.03.